The smallest absolute Gasteiger partial charge is 0.271 e. The van der Waals surface area contributed by atoms with Gasteiger partial charge in [0.1, 0.15) is 5.69 Å². The highest BCUT2D eigenvalue weighted by molar-refractivity contribution is 5.92. The minimum atomic E-state index is -0.378. The summed E-state index contributed by atoms with van der Waals surface area (Å²) in [5, 5.41) is 11.2. The molecule has 0 saturated carbocycles. The van der Waals surface area contributed by atoms with Crippen LogP contribution in [0.3, 0.4) is 0 Å². The van der Waals surface area contributed by atoms with E-state index in [-0.39, 0.29) is 23.1 Å². The van der Waals surface area contributed by atoms with Crippen molar-refractivity contribution in [3.05, 3.63) is 58.0 Å². The average molecular weight is 286 g/mol. The van der Waals surface area contributed by atoms with E-state index in [0.29, 0.717) is 12.2 Å². The van der Waals surface area contributed by atoms with Gasteiger partial charge in [-0.2, -0.15) is 5.10 Å². The third kappa shape index (κ3) is 4.27. The van der Waals surface area contributed by atoms with Crippen LogP contribution in [0.2, 0.25) is 0 Å². The zero-order valence-corrected chi connectivity index (χ0v) is 11.3. The van der Waals surface area contributed by atoms with E-state index >= 15 is 0 Å². The Labute approximate surface area is 120 Å². The van der Waals surface area contributed by atoms with Gasteiger partial charge < -0.3 is 10.6 Å². The standard InChI is InChI=1S/C14H14N4O3/c1-9(19)16-11-4-2-10(3-5-11)8-15-14(21)12-6-7-13(20)18-17-12/h2-7H,8H2,1H3,(H,15,21)(H,16,19)(H,18,20). The van der Waals surface area contributed by atoms with E-state index in [1.165, 1.54) is 19.1 Å². The summed E-state index contributed by atoms with van der Waals surface area (Å²) in [6.07, 6.45) is 0. The molecule has 0 aliphatic rings. The fourth-order valence-electron chi connectivity index (χ4n) is 1.65. The van der Waals surface area contributed by atoms with E-state index in [9.17, 15) is 14.4 Å². The van der Waals surface area contributed by atoms with Gasteiger partial charge in [-0.25, -0.2) is 5.10 Å². The SMILES string of the molecule is CC(=O)Nc1ccc(CNC(=O)c2ccc(=O)[nH]n2)cc1. The fourth-order valence-corrected chi connectivity index (χ4v) is 1.65. The number of rotatable bonds is 4. The van der Waals surface area contributed by atoms with E-state index in [1.54, 1.807) is 24.3 Å². The molecule has 0 bridgehead atoms. The fraction of sp³-hybridized carbons (Fsp3) is 0.143. The molecule has 1 heterocycles. The minimum absolute atomic E-state index is 0.139. The van der Waals surface area contributed by atoms with E-state index in [1.807, 2.05) is 0 Å². The summed E-state index contributed by atoms with van der Waals surface area (Å²) >= 11 is 0. The summed E-state index contributed by atoms with van der Waals surface area (Å²) in [5.41, 5.74) is 1.35. The molecular formula is C14H14N4O3. The number of carbonyl (C=O) groups excluding carboxylic acids is 2. The van der Waals surface area contributed by atoms with Gasteiger partial charge in [-0.05, 0) is 23.8 Å². The lowest BCUT2D eigenvalue weighted by Crippen LogP contribution is -2.25. The van der Waals surface area contributed by atoms with Crippen molar-refractivity contribution in [3.8, 4) is 0 Å². The molecule has 0 atom stereocenters. The van der Waals surface area contributed by atoms with Crippen LogP contribution in [-0.2, 0) is 11.3 Å². The normalized spacial score (nSPS) is 9.95. The molecule has 7 heteroatoms. The summed E-state index contributed by atoms with van der Waals surface area (Å²) in [4.78, 5) is 33.5. The van der Waals surface area contributed by atoms with Crippen molar-refractivity contribution < 1.29 is 9.59 Å². The Hall–Kier alpha value is -2.96. The summed E-state index contributed by atoms with van der Waals surface area (Å²) < 4.78 is 0. The molecular weight excluding hydrogens is 272 g/mol. The number of aromatic nitrogens is 2. The number of nitrogens with zero attached hydrogens (tertiary/aromatic N) is 1. The molecule has 2 rings (SSSR count). The Morgan fingerprint density at radius 2 is 1.86 bits per heavy atom. The largest absolute Gasteiger partial charge is 0.347 e. The van der Waals surface area contributed by atoms with Gasteiger partial charge in [0, 0.05) is 25.2 Å². The van der Waals surface area contributed by atoms with Crippen LogP contribution in [0, 0.1) is 0 Å². The molecule has 1 aromatic carbocycles. The second kappa shape index (κ2) is 6.47. The quantitative estimate of drug-likeness (QED) is 0.768. The number of hydrogen-bond acceptors (Lipinski definition) is 4. The van der Waals surface area contributed by atoms with Crippen LogP contribution in [0.1, 0.15) is 23.0 Å². The first-order valence-electron chi connectivity index (χ1n) is 6.25. The van der Waals surface area contributed by atoms with Crippen LogP contribution in [0.15, 0.2) is 41.2 Å². The molecule has 0 saturated heterocycles. The first kappa shape index (κ1) is 14.4. The maximum Gasteiger partial charge on any atom is 0.271 e. The minimum Gasteiger partial charge on any atom is -0.347 e. The van der Waals surface area contributed by atoms with Crippen LogP contribution >= 0.6 is 0 Å². The van der Waals surface area contributed by atoms with Gasteiger partial charge in [0.2, 0.25) is 5.91 Å². The highest BCUT2D eigenvalue weighted by Gasteiger charge is 2.06. The summed E-state index contributed by atoms with van der Waals surface area (Å²) in [5.74, 6) is -0.516. The predicted octanol–water partition coefficient (Wildman–Crippen LogP) is 0.658. The first-order chi connectivity index (χ1) is 10.0. The molecule has 1 aromatic heterocycles. The molecule has 0 unspecified atom stereocenters. The third-order valence-electron chi connectivity index (χ3n) is 2.64. The van der Waals surface area contributed by atoms with Crippen molar-refractivity contribution in [1.82, 2.24) is 15.5 Å². The summed E-state index contributed by atoms with van der Waals surface area (Å²) in [6.45, 7) is 1.76. The van der Waals surface area contributed by atoms with Gasteiger partial charge in [-0.15, -0.1) is 0 Å². The Bertz CT molecular complexity index is 686. The van der Waals surface area contributed by atoms with Crippen LogP contribution in [0.25, 0.3) is 0 Å². The maximum absolute atomic E-state index is 11.8. The predicted molar refractivity (Wildman–Crippen MR) is 76.8 cm³/mol. The number of anilines is 1. The number of amides is 2. The molecule has 108 valence electrons. The van der Waals surface area contributed by atoms with Crippen molar-refractivity contribution in [1.29, 1.82) is 0 Å². The van der Waals surface area contributed by atoms with Crippen molar-refractivity contribution >= 4 is 17.5 Å². The van der Waals surface area contributed by atoms with Gasteiger partial charge in [0.15, 0.2) is 0 Å². The van der Waals surface area contributed by atoms with E-state index in [2.05, 4.69) is 20.8 Å². The van der Waals surface area contributed by atoms with Gasteiger partial charge in [0.05, 0.1) is 0 Å². The molecule has 0 aliphatic carbocycles. The highest BCUT2D eigenvalue weighted by atomic mass is 16.2. The van der Waals surface area contributed by atoms with Crippen molar-refractivity contribution in [2.75, 3.05) is 5.32 Å². The molecule has 0 spiro atoms. The monoisotopic (exact) mass is 286 g/mol. The Morgan fingerprint density at radius 1 is 1.14 bits per heavy atom. The van der Waals surface area contributed by atoms with Crippen molar-refractivity contribution in [2.24, 2.45) is 0 Å². The first-order valence-corrected chi connectivity index (χ1v) is 6.25. The Balaban J connectivity index is 1.93. The van der Waals surface area contributed by atoms with Crippen LogP contribution < -0.4 is 16.2 Å². The average Bonchev–Trinajstić information content (AvgIpc) is 2.46. The molecule has 21 heavy (non-hydrogen) atoms. The number of hydrogen-bond donors (Lipinski definition) is 3. The topological polar surface area (TPSA) is 104 Å². The number of H-pyrrole nitrogens is 1. The highest BCUT2D eigenvalue weighted by Crippen LogP contribution is 2.09. The van der Waals surface area contributed by atoms with Crippen molar-refractivity contribution in [2.45, 2.75) is 13.5 Å². The zero-order chi connectivity index (χ0) is 15.2. The lowest BCUT2D eigenvalue weighted by atomic mass is 10.2. The Kier molecular flexibility index (Phi) is 4.45. The summed E-state index contributed by atoms with van der Waals surface area (Å²) in [6, 6.07) is 9.69. The van der Waals surface area contributed by atoms with E-state index in [0.717, 1.165) is 5.56 Å². The van der Waals surface area contributed by atoms with Crippen LogP contribution in [0.4, 0.5) is 5.69 Å². The van der Waals surface area contributed by atoms with Gasteiger partial charge in [-0.1, -0.05) is 12.1 Å². The zero-order valence-electron chi connectivity index (χ0n) is 11.3. The molecule has 0 fully saturated rings. The number of carbonyl (C=O) groups is 2. The van der Waals surface area contributed by atoms with Crippen LogP contribution in [0.5, 0.6) is 0 Å². The second-order valence-corrected chi connectivity index (χ2v) is 4.37. The molecule has 2 amide bonds. The maximum atomic E-state index is 11.8. The van der Waals surface area contributed by atoms with Gasteiger partial charge >= 0.3 is 0 Å². The second-order valence-electron chi connectivity index (χ2n) is 4.37. The van der Waals surface area contributed by atoms with Crippen LogP contribution in [-0.4, -0.2) is 22.0 Å². The van der Waals surface area contributed by atoms with Gasteiger partial charge in [-0.3, -0.25) is 14.4 Å². The number of benzene rings is 1. The molecule has 2 aromatic rings. The lowest BCUT2D eigenvalue weighted by Gasteiger charge is -2.06. The molecule has 0 radical (unpaired) electrons. The molecule has 3 N–H and O–H groups in total. The van der Waals surface area contributed by atoms with Crippen molar-refractivity contribution in [3.63, 3.8) is 0 Å². The van der Waals surface area contributed by atoms with Gasteiger partial charge in [0.25, 0.3) is 11.5 Å². The third-order valence-corrected chi connectivity index (χ3v) is 2.64. The molecule has 7 nitrogen and oxygen atoms in total. The number of nitrogens with one attached hydrogen (secondary N) is 3. The lowest BCUT2D eigenvalue weighted by molar-refractivity contribution is -0.114. The number of aromatic amines is 1. The molecule has 0 aliphatic heterocycles. The Morgan fingerprint density at radius 3 is 2.43 bits per heavy atom. The van der Waals surface area contributed by atoms with E-state index < -0.39 is 0 Å². The van der Waals surface area contributed by atoms with E-state index in [4.69, 9.17) is 0 Å². The summed E-state index contributed by atoms with van der Waals surface area (Å²) in [7, 11) is 0.